The van der Waals surface area contributed by atoms with Crippen molar-refractivity contribution in [2.24, 2.45) is 0 Å². The van der Waals surface area contributed by atoms with Crippen molar-refractivity contribution in [2.75, 3.05) is 12.4 Å². The maximum atomic E-state index is 12.1. The van der Waals surface area contributed by atoms with Gasteiger partial charge in [-0.3, -0.25) is 4.79 Å². The fourth-order valence-corrected chi connectivity index (χ4v) is 2.30. The molecule has 3 rings (SSSR count). The fourth-order valence-electron chi connectivity index (χ4n) is 2.30. The van der Waals surface area contributed by atoms with Gasteiger partial charge in [0.2, 0.25) is 5.91 Å². The van der Waals surface area contributed by atoms with E-state index >= 15 is 0 Å². The van der Waals surface area contributed by atoms with Crippen LogP contribution in [0.25, 0.3) is 11.4 Å². The summed E-state index contributed by atoms with van der Waals surface area (Å²) in [5, 5.41) is 2.80. The van der Waals surface area contributed by atoms with Crippen molar-refractivity contribution in [2.45, 2.75) is 6.42 Å². The molecule has 1 heterocycles. The van der Waals surface area contributed by atoms with Gasteiger partial charge in [-0.15, -0.1) is 0 Å². The molecule has 0 radical (unpaired) electrons. The van der Waals surface area contributed by atoms with Crippen molar-refractivity contribution in [3.8, 4) is 17.1 Å². The molecule has 0 saturated carbocycles. The lowest BCUT2D eigenvalue weighted by Crippen LogP contribution is -2.14. The largest absolute Gasteiger partial charge is 0.497 e. The summed E-state index contributed by atoms with van der Waals surface area (Å²) >= 11 is 0. The van der Waals surface area contributed by atoms with E-state index in [-0.39, 0.29) is 12.3 Å². The number of hydrogen-bond acceptors (Lipinski definition) is 4. The third kappa shape index (κ3) is 3.95. The monoisotopic (exact) mass is 319 g/mol. The summed E-state index contributed by atoms with van der Waals surface area (Å²) < 4.78 is 5.16. The molecule has 0 aliphatic heterocycles. The van der Waals surface area contributed by atoms with Gasteiger partial charge in [-0.2, -0.15) is 0 Å². The first-order valence-electron chi connectivity index (χ1n) is 7.55. The highest BCUT2D eigenvalue weighted by molar-refractivity contribution is 5.92. The van der Waals surface area contributed by atoms with Crippen LogP contribution in [-0.2, 0) is 11.2 Å². The highest BCUT2D eigenvalue weighted by Gasteiger charge is 2.07. The van der Waals surface area contributed by atoms with E-state index in [2.05, 4.69) is 15.3 Å². The zero-order valence-electron chi connectivity index (χ0n) is 13.3. The summed E-state index contributed by atoms with van der Waals surface area (Å²) in [4.78, 5) is 20.7. The van der Waals surface area contributed by atoms with Crippen LogP contribution in [0.2, 0.25) is 0 Å². The molecule has 5 nitrogen and oxygen atoms in total. The molecule has 1 aromatic heterocycles. The smallest absolute Gasteiger partial charge is 0.228 e. The molecule has 1 N–H and O–H groups in total. The van der Waals surface area contributed by atoms with Gasteiger partial charge in [-0.1, -0.05) is 42.5 Å². The molecular formula is C19H17N3O2. The van der Waals surface area contributed by atoms with Crippen LogP contribution in [-0.4, -0.2) is 23.0 Å². The summed E-state index contributed by atoms with van der Waals surface area (Å²) in [5.74, 6) is 1.23. The Labute approximate surface area is 140 Å². The van der Waals surface area contributed by atoms with Crippen molar-refractivity contribution in [1.82, 2.24) is 9.97 Å². The number of benzene rings is 2. The Morgan fingerprint density at radius 3 is 2.50 bits per heavy atom. The average Bonchev–Trinajstić information content (AvgIpc) is 2.63. The zero-order valence-corrected chi connectivity index (χ0v) is 13.3. The number of rotatable bonds is 5. The molecule has 3 aromatic rings. The third-order valence-corrected chi connectivity index (χ3v) is 3.47. The Balaban J connectivity index is 1.64. The number of methoxy groups -OCH3 is 1. The zero-order chi connectivity index (χ0) is 16.8. The molecule has 2 aromatic carbocycles. The maximum Gasteiger partial charge on any atom is 0.228 e. The van der Waals surface area contributed by atoms with Gasteiger partial charge < -0.3 is 10.1 Å². The van der Waals surface area contributed by atoms with Crippen molar-refractivity contribution < 1.29 is 9.53 Å². The first-order chi connectivity index (χ1) is 11.7. The van der Waals surface area contributed by atoms with E-state index in [4.69, 9.17) is 4.74 Å². The number of aromatic nitrogens is 2. The average molecular weight is 319 g/mol. The second-order valence-electron chi connectivity index (χ2n) is 5.24. The van der Waals surface area contributed by atoms with E-state index < -0.39 is 0 Å². The van der Waals surface area contributed by atoms with Gasteiger partial charge in [-0.05, 0) is 17.7 Å². The predicted octanol–water partition coefficient (Wildman–Crippen LogP) is 3.33. The molecule has 0 spiro atoms. The van der Waals surface area contributed by atoms with Crippen LogP contribution in [0.3, 0.4) is 0 Å². The fraction of sp³-hybridized carbons (Fsp3) is 0.105. The third-order valence-electron chi connectivity index (χ3n) is 3.47. The quantitative estimate of drug-likeness (QED) is 0.783. The Bertz CT molecular complexity index is 818. The summed E-state index contributed by atoms with van der Waals surface area (Å²) in [5.41, 5.74) is 2.39. The highest BCUT2D eigenvalue weighted by atomic mass is 16.5. The number of amides is 1. The van der Waals surface area contributed by atoms with Gasteiger partial charge in [0.1, 0.15) is 5.75 Å². The topological polar surface area (TPSA) is 64.1 Å². The number of nitrogens with zero attached hydrogens (tertiary/aromatic N) is 2. The van der Waals surface area contributed by atoms with Crippen LogP contribution in [0.15, 0.2) is 67.0 Å². The van der Waals surface area contributed by atoms with E-state index in [1.165, 1.54) is 0 Å². The Morgan fingerprint density at radius 2 is 1.79 bits per heavy atom. The summed E-state index contributed by atoms with van der Waals surface area (Å²) in [6.07, 6.45) is 3.48. The molecule has 0 aliphatic carbocycles. The number of ether oxygens (including phenoxy) is 1. The van der Waals surface area contributed by atoms with Crippen LogP contribution in [0.4, 0.5) is 5.69 Å². The lowest BCUT2D eigenvalue weighted by molar-refractivity contribution is -0.115. The number of anilines is 1. The number of carbonyl (C=O) groups excluding carboxylic acids is 1. The Morgan fingerprint density at radius 1 is 1.04 bits per heavy atom. The van der Waals surface area contributed by atoms with E-state index in [0.717, 1.165) is 16.9 Å². The molecule has 0 unspecified atom stereocenters. The normalized spacial score (nSPS) is 10.2. The minimum atomic E-state index is -0.126. The molecule has 24 heavy (non-hydrogen) atoms. The second-order valence-corrected chi connectivity index (χ2v) is 5.24. The predicted molar refractivity (Wildman–Crippen MR) is 92.8 cm³/mol. The van der Waals surface area contributed by atoms with Gasteiger partial charge in [0, 0.05) is 5.56 Å². The van der Waals surface area contributed by atoms with Gasteiger partial charge in [0.05, 0.1) is 31.6 Å². The summed E-state index contributed by atoms with van der Waals surface area (Å²) in [6.45, 7) is 0. The molecule has 0 atom stereocenters. The van der Waals surface area contributed by atoms with E-state index in [1.54, 1.807) is 19.5 Å². The molecule has 120 valence electrons. The van der Waals surface area contributed by atoms with E-state index in [0.29, 0.717) is 11.5 Å². The minimum absolute atomic E-state index is 0.126. The number of hydrogen-bond donors (Lipinski definition) is 1. The Kier molecular flexibility index (Phi) is 4.81. The van der Waals surface area contributed by atoms with Gasteiger partial charge in [0.15, 0.2) is 5.82 Å². The van der Waals surface area contributed by atoms with Crippen LogP contribution < -0.4 is 10.1 Å². The minimum Gasteiger partial charge on any atom is -0.497 e. The van der Waals surface area contributed by atoms with Crippen LogP contribution in [0, 0.1) is 0 Å². The van der Waals surface area contributed by atoms with Crippen molar-refractivity contribution in [3.63, 3.8) is 0 Å². The van der Waals surface area contributed by atoms with Crippen LogP contribution >= 0.6 is 0 Å². The maximum absolute atomic E-state index is 12.1. The van der Waals surface area contributed by atoms with E-state index in [1.807, 2.05) is 54.6 Å². The van der Waals surface area contributed by atoms with Crippen LogP contribution in [0.5, 0.6) is 5.75 Å². The highest BCUT2D eigenvalue weighted by Crippen LogP contribution is 2.16. The number of nitrogens with one attached hydrogen (secondary N) is 1. The molecule has 0 fully saturated rings. The molecule has 0 bridgehead atoms. The molecule has 5 heteroatoms. The van der Waals surface area contributed by atoms with Crippen LogP contribution in [0.1, 0.15) is 5.56 Å². The first kappa shape index (κ1) is 15.7. The van der Waals surface area contributed by atoms with Crippen molar-refractivity contribution in [1.29, 1.82) is 0 Å². The molecular weight excluding hydrogens is 302 g/mol. The molecule has 1 amide bonds. The number of carbonyl (C=O) groups is 1. The first-order valence-corrected chi connectivity index (χ1v) is 7.55. The van der Waals surface area contributed by atoms with Gasteiger partial charge in [0.25, 0.3) is 0 Å². The lowest BCUT2D eigenvalue weighted by atomic mass is 10.1. The Hall–Kier alpha value is -3.21. The van der Waals surface area contributed by atoms with Crippen molar-refractivity contribution >= 4 is 11.6 Å². The van der Waals surface area contributed by atoms with E-state index in [9.17, 15) is 4.79 Å². The lowest BCUT2D eigenvalue weighted by Gasteiger charge is -2.07. The summed E-state index contributed by atoms with van der Waals surface area (Å²) in [7, 11) is 1.60. The summed E-state index contributed by atoms with van der Waals surface area (Å²) in [6, 6.07) is 17.1. The van der Waals surface area contributed by atoms with Gasteiger partial charge >= 0.3 is 0 Å². The van der Waals surface area contributed by atoms with Crippen molar-refractivity contribution in [3.05, 3.63) is 72.6 Å². The molecule has 0 aliphatic rings. The van der Waals surface area contributed by atoms with Gasteiger partial charge in [-0.25, -0.2) is 9.97 Å². The second kappa shape index (κ2) is 7.37. The standard InChI is InChI=1S/C19H17N3O2/c1-24-17-9-5-6-14(10-17)11-18(23)22-16-12-20-19(21-13-16)15-7-3-2-4-8-15/h2-10,12-13H,11H2,1H3,(H,22,23). The SMILES string of the molecule is COc1cccc(CC(=O)Nc2cnc(-c3ccccc3)nc2)c1. The molecule has 0 saturated heterocycles.